The van der Waals surface area contributed by atoms with Crippen LogP contribution in [0.1, 0.15) is 29.2 Å². The summed E-state index contributed by atoms with van der Waals surface area (Å²) in [4.78, 5) is 5.03. The largest absolute Gasteiger partial charge is 0.493 e. The smallest absolute Gasteiger partial charge is 0.125 e. The van der Waals surface area contributed by atoms with Crippen LogP contribution in [0.25, 0.3) is 0 Å². The van der Waals surface area contributed by atoms with Crippen LogP contribution in [0.2, 0.25) is 0 Å². The molecule has 2 rings (SSSR count). The standard InChI is InChI=1S/C13H15NO2S/c1-3-16-11-7-5-4-6-10(11)12(15)13-9(2)14-8-17-13/h4-8,12,15H,3H2,1-2H3. The number of nitrogens with zero attached hydrogens (tertiary/aromatic N) is 1. The summed E-state index contributed by atoms with van der Waals surface area (Å²) in [6, 6.07) is 7.56. The van der Waals surface area contributed by atoms with Crippen LogP contribution in [0.3, 0.4) is 0 Å². The molecule has 1 atom stereocenters. The molecule has 0 amide bonds. The van der Waals surface area contributed by atoms with E-state index in [4.69, 9.17) is 4.74 Å². The average Bonchev–Trinajstić information content (AvgIpc) is 2.76. The first-order valence-corrected chi connectivity index (χ1v) is 6.41. The Morgan fingerprint density at radius 1 is 1.41 bits per heavy atom. The lowest BCUT2D eigenvalue weighted by molar-refractivity contribution is 0.214. The summed E-state index contributed by atoms with van der Waals surface area (Å²) < 4.78 is 5.52. The molecule has 1 aromatic carbocycles. The Kier molecular flexibility index (Phi) is 3.76. The summed E-state index contributed by atoms with van der Waals surface area (Å²) in [7, 11) is 0. The molecule has 1 aromatic heterocycles. The van der Waals surface area contributed by atoms with Crippen LogP contribution in [0.5, 0.6) is 5.75 Å². The zero-order valence-electron chi connectivity index (χ0n) is 9.88. The van der Waals surface area contributed by atoms with Gasteiger partial charge in [-0.3, -0.25) is 0 Å². The molecule has 0 radical (unpaired) electrons. The van der Waals surface area contributed by atoms with Gasteiger partial charge in [0.25, 0.3) is 0 Å². The average molecular weight is 249 g/mol. The maximum Gasteiger partial charge on any atom is 0.125 e. The minimum Gasteiger partial charge on any atom is -0.493 e. The minimum atomic E-state index is -0.662. The Hall–Kier alpha value is -1.39. The highest BCUT2D eigenvalue weighted by Gasteiger charge is 2.18. The second-order valence-corrected chi connectivity index (χ2v) is 4.56. The molecule has 0 saturated heterocycles. The first-order valence-electron chi connectivity index (χ1n) is 5.53. The van der Waals surface area contributed by atoms with Crippen LogP contribution in [0.15, 0.2) is 29.8 Å². The summed E-state index contributed by atoms with van der Waals surface area (Å²) in [5, 5.41) is 10.4. The predicted octanol–water partition coefficient (Wildman–Crippen LogP) is 2.93. The number of ether oxygens (including phenoxy) is 1. The van der Waals surface area contributed by atoms with Crippen molar-refractivity contribution in [1.29, 1.82) is 0 Å². The number of aliphatic hydroxyl groups excluding tert-OH is 1. The molecular weight excluding hydrogens is 234 g/mol. The van der Waals surface area contributed by atoms with Crippen molar-refractivity contribution in [2.45, 2.75) is 20.0 Å². The number of rotatable bonds is 4. The maximum atomic E-state index is 10.4. The third kappa shape index (κ3) is 2.48. The van der Waals surface area contributed by atoms with Crippen LogP contribution in [-0.4, -0.2) is 16.7 Å². The lowest BCUT2D eigenvalue weighted by Crippen LogP contribution is -2.03. The summed E-state index contributed by atoms with van der Waals surface area (Å²) in [6.45, 7) is 4.42. The van der Waals surface area contributed by atoms with Crippen LogP contribution < -0.4 is 4.74 Å². The van der Waals surface area contributed by atoms with E-state index in [1.54, 1.807) is 5.51 Å². The van der Waals surface area contributed by atoms with Gasteiger partial charge < -0.3 is 9.84 Å². The van der Waals surface area contributed by atoms with E-state index in [9.17, 15) is 5.11 Å². The first-order chi connectivity index (χ1) is 8.24. The van der Waals surface area contributed by atoms with Crippen molar-refractivity contribution in [3.8, 4) is 5.75 Å². The van der Waals surface area contributed by atoms with Gasteiger partial charge in [0, 0.05) is 5.56 Å². The van der Waals surface area contributed by atoms with Gasteiger partial charge in [-0.2, -0.15) is 0 Å². The molecule has 90 valence electrons. The number of aliphatic hydroxyl groups is 1. The molecule has 0 fully saturated rings. The van der Waals surface area contributed by atoms with Crippen LogP contribution in [0, 0.1) is 6.92 Å². The second kappa shape index (κ2) is 5.29. The number of aromatic nitrogens is 1. The monoisotopic (exact) mass is 249 g/mol. The molecule has 0 saturated carbocycles. The van der Waals surface area contributed by atoms with Crippen LogP contribution in [0.4, 0.5) is 0 Å². The van der Waals surface area contributed by atoms with Crippen molar-refractivity contribution in [1.82, 2.24) is 4.98 Å². The van der Waals surface area contributed by atoms with Crippen molar-refractivity contribution in [3.05, 3.63) is 45.9 Å². The zero-order valence-corrected chi connectivity index (χ0v) is 10.7. The lowest BCUT2D eigenvalue weighted by atomic mass is 10.1. The maximum absolute atomic E-state index is 10.4. The Labute approximate surface area is 105 Å². The molecule has 4 heteroatoms. The van der Waals surface area contributed by atoms with E-state index in [-0.39, 0.29) is 0 Å². The number of para-hydroxylation sites is 1. The fourth-order valence-corrected chi connectivity index (χ4v) is 2.51. The van der Waals surface area contributed by atoms with E-state index in [0.29, 0.717) is 6.61 Å². The molecule has 0 aliphatic rings. The number of thiazole rings is 1. The van der Waals surface area contributed by atoms with Crippen molar-refractivity contribution >= 4 is 11.3 Å². The molecular formula is C13H15NO2S. The highest BCUT2D eigenvalue weighted by molar-refractivity contribution is 7.09. The fraction of sp³-hybridized carbons (Fsp3) is 0.308. The van der Waals surface area contributed by atoms with Gasteiger partial charge in [0.15, 0.2) is 0 Å². The Bertz CT molecular complexity index is 496. The van der Waals surface area contributed by atoms with E-state index in [1.807, 2.05) is 38.1 Å². The van der Waals surface area contributed by atoms with Gasteiger partial charge in [0.05, 0.1) is 22.7 Å². The minimum absolute atomic E-state index is 0.589. The zero-order chi connectivity index (χ0) is 12.3. The second-order valence-electron chi connectivity index (χ2n) is 3.68. The first kappa shape index (κ1) is 12.1. The third-order valence-corrected chi connectivity index (χ3v) is 3.53. The molecule has 1 N–H and O–H groups in total. The normalized spacial score (nSPS) is 12.4. The molecule has 1 heterocycles. The van der Waals surface area contributed by atoms with E-state index in [1.165, 1.54) is 11.3 Å². The summed E-state index contributed by atoms with van der Waals surface area (Å²) in [5.74, 6) is 0.732. The predicted molar refractivity (Wildman–Crippen MR) is 68.5 cm³/mol. The number of hydrogen-bond donors (Lipinski definition) is 1. The van der Waals surface area contributed by atoms with Gasteiger partial charge in [0.2, 0.25) is 0 Å². The highest BCUT2D eigenvalue weighted by atomic mass is 32.1. The van der Waals surface area contributed by atoms with Gasteiger partial charge in [-0.05, 0) is 19.9 Å². The van der Waals surface area contributed by atoms with Gasteiger partial charge in [-0.1, -0.05) is 18.2 Å². The van der Waals surface area contributed by atoms with Gasteiger partial charge in [0.1, 0.15) is 11.9 Å². The van der Waals surface area contributed by atoms with Gasteiger partial charge >= 0.3 is 0 Å². The molecule has 2 aromatic rings. The fourth-order valence-electron chi connectivity index (χ4n) is 1.71. The summed E-state index contributed by atoms with van der Waals surface area (Å²) >= 11 is 1.46. The molecule has 1 unspecified atom stereocenters. The number of benzene rings is 1. The van der Waals surface area contributed by atoms with E-state index >= 15 is 0 Å². The van der Waals surface area contributed by atoms with Crippen molar-refractivity contribution < 1.29 is 9.84 Å². The molecule has 0 aliphatic carbocycles. The molecule has 3 nitrogen and oxygen atoms in total. The SMILES string of the molecule is CCOc1ccccc1C(O)c1scnc1C. The van der Waals surface area contributed by atoms with Crippen molar-refractivity contribution in [2.75, 3.05) is 6.61 Å². The quantitative estimate of drug-likeness (QED) is 0.906. The topological polar surface area (TPSA) is 42.4 Å². The molecule has 17 heavy (non-hydrogen) atoms. The van der Waals surface area contributed by atoms with E-state index < -0.39 is 6.10 Å². The van der Waals surface area contributed by atoms with Gasteiger partial charge in [-0.25, -0.2) is 4.98 Å². The van der Waals surface area contributed by atoms with E-state index in [2.05, 4.69) is 4.98 Å². The Morgan fingerprint density at radius 2 is 2.18 bits per heavy atom. The van der Waals surface area contributed by atoms with Crippen molar-refractivity contribution in [2.24, 2.45) is 0 Å². The third-order valence-electron chi connectivity index (χ3n) is 2.54. The van der Waals surface area contributed by atoms with Crippen molar-refractivity contribution in [3.63, 3.8) is 0 Å². The Balaban J connectivity index is 2.37. The number of aryl methyl sites for hydroxylation is 1. The van der Waals surface area contributed by atoms with Crippen LogP contribution >= 0.6 is 11.3 Å². The molecule has 0 bridgehead atoms. The Morgan fingerprint density at radius 3 is 2.82 bits per heavy atom. The molecule has 0 spiro atoms. The number of hydrogen-bond acceptors (Lipinski definition) is 4. The highest BCUT2D eigenvalue weighted by Crippen LogP contribution is 2.33. The summed E-state index contributed by atoms with van der Waals surface area (Å²) in [6.07, 6.45) is -0.662. The van der Waals surface area contributed by atoms with Gasteiger partial charge in [-0.15, -0.1) is 11.3 Å². The lowest BCUT2D eigenvalue weighted by Gasteiger charge is -2.14. The van der Waals surface area contributed by atoms with Crippen LogP contribution in [-0.2, 0) is 0 Å². The van der Waals surface area contributed by atoms with E-state index in [0.717, 1.165) is 21.9 Å². The molecule has 0 aliphatic heterocycles. The summed E-state index contributed by atoms with van der Waals surface area (Å²) in [5.41, 5.74) is 3.41.